The van der Waals surface area contributed by atoms with Crippen LogP contribution in [0.2, 0.25) is 39.3 Å². The third-order valence-electron chi connectivity index (χ3n) is 18.5. The van der Waals surface area contributed by atoms with Crippen LogP contribution in [0.5, 0.6) is 0 Å². The number of allylic oxidation sites excluding steroid dienone is 4. The van der Waals surface area contributed by atoms with Crippen LogP contribution in [0.25, 0.3) is 98.9 Å². The maximum atomic E-state index is 7.40. The molecule has 0 N–H and O–H groups in total. The topological polar surface area (TPSA) is 59.0 Å². The van der Waals surface area contributed by atoms with E-state index in [1.807, 2.05) is 0 Å². The van der Waals surface area contributed by atoms with Crippen LogP contribution in [0.3, 0.4) is 0 Å². The Labute approximate surface area is 501 Å². The molecule has 9 aromatic carbocycles. The minimum absolute atomic E-state index is 0.00975. The van der Waals surface area contributed by atoms with Gasteiger partial charge >= 0.3 is 0 Å². The number of nitrogens with zero attached hydrogens (tertiary/aromatic N) is 2. The van der Waals surface area contributed by atoms with Crippen molar-refractivity contribution in [2.45, 2.75) is 119 Å². The second kappa shape index (κ2) is 18.8. The fourth-order valence-electron chi connectivity index (χ4n) is 13.4. The molecule has 0 atom stereocenters. The zero-order valence-electron chi connectivity index (χ0n) is 52.2. The molecular weight excluding hydrogens is 1070 g/mol. The molecule has 426 valence electrons. The first kappa shape index (κ1) is 54.6. The van der Waals surface area contributed by atoms with Gasteiger partial charge in [0, 0.05) is 83.8 Å². The lowest BCUT2D eigenvalue weighted by Crippen LogP contribution is -2.37. The third-order valence-corrected chi connectivity index (χ3v) is 22.6. The zero-order valence-corrected chi connectivity index (χ0v) is 54.2. The first-order valence-corrected chi connectivity index (χ1v) is 37.2. The Morgan fingerprint density at radius 2 is 0.882 bits per heavy atom. The summed E-state index contributed by atoms with van der Waals surface area (Å²) in [4.78, 5) is 4.88. The third kappa shape index (κ3) is 8.60. The van der Waals surface area contributed by atoms with Crippen molar-refractivity contribution in [1.82, 2.24) is 0 Å². The van der Waals surface area contributed by atoms with Crippen LogP contribution in [0.4, 0.5) is 28.4 Å². The Balaban J connectivity index is 1.05. The second-order valence-corrected chi connectivity index (χ2v) is 38.7. The summed E-state index contributed by atoms with van der Waals surface area (Å²) in [6.07, 6.45) is 4.58. The average molecular weight is 1150 g/mol. The highest BCUT2D eigenvalue weighted by Crippen LogP contribution is 2.61. The van der Waals surface area contributed by atoms with Gasteiger partial charge < -0.3 is 27.5 Å². The first-order chi connectivity index (χ1) is 40.3. The monoisotopic (exact) mass is 1150 g/mol. The summed E-state index contributed by atoms with van der Waals surface area (Å²) in [5.41, 5.74) is 19.6. The number of hydrogen-bond acceptors (Lipinski definition) is 6. The summed E-state index contributed by atoms with van der Waals surface area (Å²) in [5.74, 6) is 0. The molecule has 4 heterocycles. The smallest absolute Gasteiger partial charge is 0.145 e. The molecule has 0 saturated carbocycles. The molecular formula is C77H76N2O4Si2. The molecule has 6 nitrogen and oxygen atoms in total. The lowest BCUT2D eigenvalue weighted by molar-refractivity contribution is 0.504. The van der Waals surface area contributed by atoms with Crippen LogP contribution in [-0.4, -0.2) is 16.1 Å². The normalized spacial score (nSPS) is 14.4. The van der Waals surface area contributed by atoms with Crippen LogP contribution in [0.1, 0.15) is 85.9 Å². The van der Waals surface area contributed by atoms with Crippen molar-refractivity contribution in [2.24, 2.45) is 5.41 Å². The number of benzene rings is 9. The predicted molar refractivity (Wildman–Crippen MR) is 368 cm³/mol. The highest BCUT2D eigenvalue weighted by Gasteiger charge is 2.43. The minimum Gasteiger partial charge on any atom is -0.456 e. The molecule has 14 rings (SSSR count). The number of rotatable bonds is 9. The van der Waals surface area contributed by atoms with E-state index in [0.717, 1.165) is 144 Å². The Kier molecular flexibility index (Phi) is 12.1. The Hall–Kier alpha value is -8.31. The number of hydrogen-bond donors (Lipinski definition) is 0. The van der Waals surface area contributed by atoms with Crippen LogP contribution in [0, 0.1) is 5.41 Å². The molecule has 0 amide bonds. The summed E-state index contributed by atoms with van der Waals surface area (Å²) in [6, 6.07) is 58.1. The van der Waals surface area contributed by atoms with Crippen molar-refractivity contribution < 1.29 is 17.7 Å². The van der Waals surface area contributed by atoms with Crippen LogP contribution < -0.4 is 20.2 Å². The molecule has 85 heavy (non-hydrogen) atoms. The lowest BCUT2D eigenvalue weighted by Gasteiger charge is -2.30. The fourth-order valence-corrected chi connectivity index (χ4v) is 16.3. The second-order valence-electron chi connectivity index (χ2n) is 28.7. The van der Waals surface area contributed by atoms with Gasteiger partial charge in [-0.2, -0.15) is 0 Å². The fraction of sp³-hybridized carbons (Fsp3) is 0.247. The quantitative estimate of drug-likeness (QED) is 0.106. The van der Waals surface area contributed by atoms with Gasteiger partial charge in [0.05, 0.1) is 38.3 Å². The highest BCUT2D eigenvalue weighted by atomic mass is 28.3. The van der Waals surface area contributed by atoms with Crippen molar-refractivity contribution in [3.05, 3.63) is 198 Å². The van der Waals surface area contributed by atoms with Gasteiger partial charge in [-0.1, -0.05) is 191 Å². The van der Waals surface area contributed by atoms with E-state index in [2.05, 4.69) is 288 Å². The number of anilines is 5. The van der Waals surface area contributed by atoms with Crippen molar-refractivity contribution in [3.8, 4) is 11.1 Å². The molecule has 0 aliphatic heterocycles. The molecule has 0 spiro atoms. The lowest BCUT2D eigenvalue weighted by atomic mass is 9.81. The van der Waals surface area contributed by atoms with E-state index < -0.39 is 21.6 Å². The molecule has 1 aliphatic carbocycles. The molecule has 8 heteroatoms. The van der Waals surface area contributed by atoms with Crippen molar-refractivity contribution in [2.75, 3.05) is 9.80 Å². The van der Waals surface area contributed by atoms with Crippen molar-refractivity contribution in [1.29, 1.82) is 0 Å². The van der Waals surface area contributed by atoms with Gasteiger partial charge in [0.1, 0.15) is 44.7 Å². The van der Waals surface area contributed by atoms with E-state index in [-0.39, 0.29) is 10.8 Å². The van der Waals surface area contributed by atoms with E-state index in [1.54, 1.807) is 0 Å². The summed E-state index contributed by atoms with van der Waals surface area (Å²) >= 11 is 0. The van der Waals surface area contributed by atoms with E-state index in [0.29, 0.717) is 0 Å². The largest absolute Gasteiger partial charge is 0.456 e. The van der Waals surface area contributed by atoms with Gasteiger partial charge in [0.15, 0.2) is 0 Å². The molecule has 0 unspecified atom stereocenters. The first-order valence-electron chi connectivity index (χ1n) is 30.2. The molecule has 13 aromatic rings. The van der Waals surface area contributed by atoms with Gasteiger partial charge in [0.25, 0.3) is 0 Å². The van der Waals surface area contributed by atoms with E-state index >= 15 is 0 Å². The van der Waals surface area contributed by atoms with Crippen molar-refractivity contribution >= 4 is 143 Å². The Morgan fingerprint density at radius 3 is 1.39 bits per heavy atom. The van der Waals surface area contributed by atoms with Crippen LogP contribution >= 0.6 is 0 Å². The van der Waals surface area contributed by atoms with Gasteiger partial charge in [-0.25, -0.2) is 0 Å². The molecule has 4 aromatic heterocycles. The summed E-state index contributed by atoms with van der Waals surface area (Å²) < 4.78 is 28.8. The summed E-state index contributed by atoms with van der Waals surface area (Å²) in [6.45, 7) is 37.3. The van der Waals surface area contributed by atoms with Crippen molar-refractivity contribution in [3.63, 3.8) is 0 Å². The number of para-hydroxylation sites is 4. The van der Waals surface area contributed by atoms with E-state index in [1.165, 1.54) is 21.5 Å². The molecule has 0 fully saturated rings. The maximum Gasteiger partial charge on any atom is 0.145 e. The molecule has 0 saturated heterocycles. The Morgan fingerprint density at radius 1 is 0.435 bits per heavy atom. The van der Waals surface area contributed by atoms with Gasteiger partial charge in [-0.3, -0.25) is 0 Å². The molecule has 1 aliphatic rings. The van der Waals surface area contributed by atoms with Gasteiger partial charge in [0.2, 0.25) is 0 Å². The predicted octanol–water partition coefficient (Wildman–Crippen LogP) is 22.5. The maximum absolute atomic E-state index is 7.40. The average Bonchev–Trinajstić information content (AvgIpc) is 1.54. The van der Waals surface area contributed by atoms with E-state index in [4.69, 9.17) is 17.7 Å². The highest BCUT2D eigenvalue weighted by molar-refractivity contribution is 6.90. The molecule has 0 radical (unpaired) electrons. The number of fused-ring (bicyclic) bond motifs is 17. The molecule has 0 bridgehead atoms. The van der Waals surface area contributed by atoms with Crippen LogP contribution in [-0.2, 0) is 10.8 Å². The summed E-state index contributed by atoms with van der Waals surface area (Å²) in [7, 11) is -3.50. The van der Waals surface area contributed by atoms with Gasteiger partial charge in [-0.15, -0.1) is 0 Å². The number of furan rings is 4. The van der Waals surface area contributed by atoms with Gasteiger partial charge in [-0.05, 0) is 118 Å². The SMILES string of the molecule is C/C(=C\C=C(/C)C(C)(C)C)N(c1ccc2c(c1)oc1c([Si](C)(C)C)cccc12)c1cc2c(c3oc4ccccc4c13)-c1c(cc(N(c3ccc(C(C)(C)C)cc3)c3ccc4c(c3)oc3c([Si](C)(C)C)cccc34)c3c1oc1ccccc13)C2(C)C. The summed E-state index contributed by atoms with van der Waals surface area (Å²) in [5, 5.41) is 11.4. The van der Waals surface area contributed by atoms with E-state index in [9.17, 15) is 0 Å². The minimum atomic E-state index is -1.75. The zero-order chi connectivity index (χ0) is 59.6. The Bertz CT molecular complexity index is 4990. The van der Waals surface area contributed by atoms with Crippen LogP contribution in [0.15, 0.2) is 199 Å². The standard InChI is InChI=1S/C77H76N2O4Si2/c1-45(75(3,4)5)31-32-46(2)78(49-37-39-51-53-25-21-29-65(84(11,12)13)71(53)82-63(51)41-49)59-43-57-69(73-67(59)55-23-17-19-27-61(55)80-73)70-58(77(57,9)10)44-60(68-56-24-18-20-28-62(56)81-74(68)70)79(48-35-33-47(34-36-48)76(6,7)8)50-38-40-52-54-26-22-30-66(85(14,15)16)72(54)83-64(52)42-50/h17-44H,1-16H3/b45-31+,46-32+.